The minimum atomic E-state index is -2.45. The Balaban J connectivity index is 2.83. The number of hydrogen-bond donors (Lipinski definition) is 1. The van der Waals surface area contributed by atoms with E-state index >= 15 is 0 Å². The molecule has 0 aliphatic heterocycles. The molecular weight excluding hydrogens is 337 g/mol. The Labute approximate surface area is 103 Å². The van der Waals surface area contributed by atoms with Crippen LogP contribution < -0.4 is 0 Å². The molecule has 74 valence electrons. The van der Waals surface area contributed by atoms with Crippen LogP contribution in [0.25, 0.3) is 10.1 Å². The molecule has 0 nitrogen and oxygen atoms in total. The number of fused-ring (bicyclic) bond motifs is 1. The molecule has 2 aromatic rings. The van der Waals surface area contributed by atoms with E-state index in [1.165, 1.54) is 11.3 Å². The standard InChI is InChI=1S/C9H5F2IS2/c10-8(11)6-4-2-1-3-5(12)7(4)14-9(6)13/h1-3,8,13H. The van der Waals surface area contributed by atoms with Gasteiger partial charge in [0.15, 0.2) is 0 Å². The van der Waals surface area contributed by atoms with Crippen molar-refractivity contribution < 1.29 is 8.78 Å². The number of rotatable bonds is 1. The highest BCUT2D eigenvalue weighted by Crippen LogP contribution is 2.41. The van der Waals surface area contributed by atoms with Gasteiger partial charge >= 0.3 is 0 Å². The van der Waals surface area contributed by atoms with Crippen LogP contribution >= 0.6 is 46.6 Å². The Bertz CT molecular complexity index is 479. The van der Waals surface area contributed by atoms with Crippen LogP contribution in [0.1, 0.15) is 12.0 Å². The van der Waals surface area contributed by atoms with Crippen LogP contribution in [0.5, 0.6) is 0 Å². The molecule has 0 aliphatic rings. The lowest BCUT2D eigenvalue weighted by Crippen LogP contribution is -1.82. The van der Waals surface area contributed by atoms with Crippen molar-refractivity contribution in [3.63, 3.8) is 0 Å². The smallest absolute Gasteiger partial charge is 0.205 e. The van der Waals surface area contributed by atoms with Crippen LogP contribution in [0.2, 0.25) is 0 Å². The number of thiol groups is 1. The Kier molecular flexibility index (Phi) is 2.99. The molecule has 1 heterocycles. The Morgan fingerprint density at radius 1 is 1.36 bits per heavy atom. The number of hydrogen-bond acceptors (Lipinski definition) is 2. The maximum absolute atomic E-state index is 12.7. The Morgan fingerprint density at radius 3 is 2.71 bits per heavy atom. The average molecular weight is 342 g/mol. The van der Waals surface area contributed by atoms with E-state index in [2.05, 4.69) is 35.2 Å². The van der Waals surface area contributed by atoms with E-state index in [0.29, 0.717) is 9.60 Å². The molecule has 0 N–H and O–H groups in total. The van der Waals surface area contributed by atoms with Crippen molar-refractivity contribution in [2.45, 2.75) is 10.6 Å². The quantitative estimate of drug-likeness (QED) is 0.562. The predicted molar refractivity (Wildman–Crippen MR) is 66.8 cm³/mol. The van der Waals surface area contributed by atoms with Gasteiger partial charge in [-0.15, -0.1) is 24.0 Å². The third-order valence-electron chi connectivity index (χ3n) is 1.90. The molecule has 1 aromatic heterocycles. The highest BCUT2D eigenvalue weighted by atomic mass is 127. The molecule has 0 aliphatic carbocycles. The lowest BCUT2D eigenvalue weighted by molar-refractivity contribution is 0.151. The molecule has 1 aromatic carbocycles. The summed E-state index contributed by atoms with van der Waals surface area (Å²) in [6.07, 6.45) is -2.45. The summed E-state index contributed by atoms with van der Waals surface area (Å²) in [6, 6.07) is 5.41. The Morgan fingerprint density at radius 2 is 2.07 bits per heavy atom. The third-order valence-corrected chi connectivity index (χ3v) is 4.74. The van der Waals surface area contributed by atoms with Crippen molar-refractivity contribution in [3.8, 4) is 0 Å². The molecule has 0 saturated carbocycles. The minimum absolute atomic E-state index is 0.0619. The summed E-state index contributed by atoms with van der Waals surface area (Å²) in [4.78, 5) is 0. The summed E-state index contributed by atoms with van der Waals surface area (Å²) in [7, 11) is 0. The van der Waals surface area contributed by atoms with Gasteiger partial charge in [-0.1, -0.05) is 12.1 Å². The number of halogens is 3. The van der Waals surface area contributed by atoms with Gasteiger partial charge in [0, 0.05) is 19.2 Å². The van der Waals surface area contributed by atoms with Gasteiger partial charge in [0.25, 0.3) is 6.43 Å². The van der Waals surface area contributed by atoms with Crippen LogP contribution in [0.4, 0.5) is 8.78 Å². The average Bonchev–Trinajstić information content (AvgIpc) is 2.42. The molecule has 14 heavy (non-hydrogen) atoms. The molecule has 0 fully saturated rings. The second-order valence-corrected chi connectivity index (χ2v) is 5.67. The lowest BCUT2D eigenvalue weighted by atomic mass is 10.2. The second kappa shape index (κ2) is 3.94. The van der Waals surface area contributed by atoms with E-state index in [9.17, 15) is 8.78 Å². The van der Waals surface area contributed by atoms with Gasteiger partial charge in [0.2, 0.25) is 0 Å². The predicted octanol–water partition coefficient (Wildman–Crippen LogP) is 4.73. The largest absolute Gasteiger partial charge is 0.266 e. The van der Waals surface area contributed by atoms with Gasteiger partial charge in [-0.2, -0.15) is 0 Å². The molecule has 0 amide bonds. The van der Waals surface area contributed by atoms with Gasteiger partial charge in [0.05, 0.1) is 4.21 Å². The van der Waals surface area contributed by atoms with Crippen LogP contribution in [0.15, 0.2) is 22.4 Å². The fourth-order valence-electron chi connectivity index (χ4n) is 1.30. The zero-order chi connectivity index (χ0) is 10.3. The number of benzene rings is 1. The van der Waals surface area contributed by atoms with Crippen LogP contribution in [-0.2, 0) is 0 Å². The maximum atomic E-state index is 12.7. The van der Waals surface area contributed by atoms with Crippen molar-refractivity contribution in [1.29, 1.82) is 0 Å². The molecule has 0 spiro atoms. The molecule has 0 radical (unpaired) electrons. The maximum Gasteiger partial charge on any atom is 0.266 e. The van der Waals surface area contributed by atoms with E-state index in [-0.39, 0.29) is 5.56 Å². The number of alkyl halides is 2. The molecule has 0 unspecified atom stereocenters. The number of thiophene rings is 1. The fourth-order valence-corrected chi connectivity index (χ4v) is 3.58. The van der Waals surface area contributed by atoms with E-state index in [4.69, 9.17) is 0 Å². The van der Waals surface area contributed by atoms with Crippen molar-refractivity contribution in [3.05, 3.63) is 27.3 Å². The van der Waals surface area contributed by atoms with Gasteiger partial charge < -0.3 is 0 Å². The van der Waals surface area contributed by atoms with Crippen molar-refractivity contribution in [2.24, 2.45) is 0 Å². The first-order chi connectivity index (χ1) is 6.61. The zero-order valence-corrected chi connectivity index (χ0v) is 10.7. The zero-order valence-electron chi connectivity index (χ0n) is 6.80. The van der Waals surface area contributed by atoms with E-state index in [0.717, 1.165) is 8.27 Å². The normalized spacial score (nSPS) is 11.5. The van der Waals surface area contributed by atoms with E-state index in [1.807, 2.05) is 6.07 Å². The molecule has 0 bridgehead atoms. The fraction of sp³-hybridized carbons (Fsp3) is 0.111. The first-order valence-electron chi connectivity index (χ1n) is 3.79. The second-order valence-electron chi connectivity index (χ2n) is 2.74. The van der Waals surface area contributed by atoms with Crippen LogP contribution in [0, 0.1) is 3.57 Å². The summed E-state index contributed by atoms with van der Waals surface area (Å²) >= 11 is 7.53. The SMILES string of the molecule is FC(F)c1c(S)sc2c(I)cccc12. The van der Waals surface area contributed by atoms with E-state index < -0.39 is 6.43 Å². The van der Waals surface area contributed by atoms with Gasteiger partial charge in [-0.05, 0) is 28.7 Å². The molecule has 0 saturated heterocycles. The van der Waals surface area contributed by atoms with E-state index in [1.54, 1.807) is 12.1 Å². The summed E-state index contributed by atoms with van der Waals surface area (Å²) in [5, 5.41) is 0.627. The van der Waals surface area contributed by atoms with Crippen molar-refractivity contribution in [2.75, 3.05) is 0 Å². The highest BCUT2D eigenvalue weighted by Gasteiger charge is 2.18. The summed E-state index contributed by atoms with van der Waals surface area (Å²) in [5.41, 5.74) is 0.0619. The van der Waals surface area contributed by atoms with Gasteiger partial charge in [-0.3, -0.25) is 0 Å². The molecule has 0 atom stereocenters. The summed E-state index contributed by atoms with van der Waals surface area (Å²) < 4.78 is 27.7. The van der Waals surface area contributed by atoms with Crippen molar-refractivity contribution in [1.82, 2.24) is 0 Å². The highest BCUT2D eigenvalue weighted by molar-refractivity contribution is 14.1. The van der Waals surface area contributed by atoms with Crippen LogP contribution in [-0.4, -0.2) is 0 Å². The monoisotopic (exact) mass is 342 g/mol. The van der Waals surface area contributed by atoms with Crippen molar-refractivity contribution >= 4 is 56.6 Å². The Hall–Kier alpha value is 0.120. The van der Waals surface area contributed by atoms with Gasteiger partial charge in [-0.25, -0.2) is 8.78 Å². The first-order valence-corrected chi connectivity index (χ1v) is 6.13. The topological polar surface area (TPSA) is 0 Å². The third kappa shape index (κ3) is 1.65. The molecular formula is C9H5F2IS2. The van der Waals surface area contributed by atoms with Gasteiger partial charge in [0.1, 0.15) is 0 Å². The lowest BCUT2D eigenvalue weighted by Gasteiger charge is -1.98. The first kappa shape index (κ1) is 10.6. The molecule has 5 heteroatoms. The minimum Gasteiger partial charge on any atom is -0.205 e. The summed E-state index contributed by atoms with van der Waals surface area (Å²) in [5.74, 6) is 0. The van der Waals surface area contributed by atoms with Crippen LogP contribution in [0.3, 0.4) is 0 Å². The summed E-state index contributed by atoms with van der Waals surface area (Å²) in [6.45, 7) is 0. The molecule has 2 rings (SSSR count).